The first kappa shape index (κ1) is 15.4. The normalized spacial score (nSPS) is 23.8. The van der Waals surface area contributed by atoms with Crippen LogP contribution in [0.25, 0.3) is 0 Å². The van der Waals surface area contributed by atoms with E-state index in [-0.39, 0.29) is 6.42 Å². The van der Waals surface area contributed by atoms with Crippen LogP contribution in [0.5, 0.6) is 0 Å². The number of rotatable bonds is 5. The largest absolute Gasteiger partial charge is 0.391 e. The molecule has 0 saturated carbocycles. The molecule has 1 fully saturated rings. The molecule has 2 unspecified atom stereocenters. The summed E-state index contributed by atoms with van der Waals surface area (Å²) in [4.78, 5) is 24.0. The van der Waals surface area contributed by atoms with Crippen molar-refractivity contribution in [1.29, 1.82) is 0 Å². The maximum absolute atomic E-state index is 12.0. The van der Waals surface area contributed by atoms with E-state index in [2.05, 4.69) is 0 Å². The topological polar surface area (TPSA) is 63.6 Å². The van der Waals surface area contributed by atoms with Crippen molar-refractivity contribution in [3.05, 3.63) is 71.8 Å². The molecule has 0 aliphatic carbocycles. The number of aryl methyl sites for hydroxylation is 1. The number of cyclic esters (lactones) is 2. The zero-order valence-electron chi connectivity index (χ0n) is 12.6. The number of benzene rings is 2. The summed E-state index contributed by atoms with van der Waals surface area (Å²) in [6.07, 6.45) is 1.06. The fourth-order valence-electron chi connectivity index (χ4n) is 3.00. The van der Waals surface area contributed by atoms with Gasteiger partial charge in [0.05, 0.1) is 5.92 Å². The number of ether oxygens (including phenoxy) is 1. The SMILES string of the molecule is O=C1OC(=O)C(O)(Cc2ccccc2)C1CCc1ccccc1. The molecule has 2 atom stereocenters. The zero-order chi connectivity index (χ0) is 16.3. The van der Waals surface area contributed by atoms with Crippen LogP contribution in [0.1, 0.15) is 17.5 Å². The minimum atomic E-state index is -1.78. The Morgan fingerprint density at radius 3 is 2.09 bits per heavy atom. The fourth-order valence-corrected chi connectivity index (χ4v) is 3.00. The first-order valence-electron chi connectivity index (χ1n) is 7.66. The number of aliphatic hydroxyl groups is 1. The van der Waals surface area contributed by atoms with Gasteiger partial charge in [0.2, 0.25) is 0 Å². The van der Waals surface area contributed by atoms with E-state index in [1.165, 1.54) is 0 Å². The van der Waals surface area contributed by atoms with Gasteiger partial charge in [0.1, 0.15) is 0 Å². The van der Waals surface area contributed by atoms with E-state index in [9.17, 15) is 14.7 Å². The molecule has 118 valence electrons. The lowest BCUT2D eigenvalue weighted by molar-refractivity contribution is -0.158. The summed E-state index contributed by atoms with van der Waals surface area (Å²) in [5.41, 5.74) is 0.0702. The highest BCUT2D eigenvalue weighted by molar-refractivity contribution is 6.01. The first-order chi connectivity index (χ1) is 11.1. The van der Waals surface area contributed by atoms with Gasteiger partial charge in [-0.1, -0.05) is 60.7 Å². The molecule has 3 rings (SSSR count). The van der Waals surface area contributed by atoms with Gasteiger partial charge < -0.3 is 9.84 Å². The average Bonchev–Trinajstić information content (AvgIpc) is 2.76. The van der Waals surface area contributed by atoms with Crippen LogP contribution < -0.4 is 0 Å². The standard InChI is InChI=1S/C19H18O4/c20-17-16(12-11-14-7-3-1-4-8-14)19(22,18(21)23-17)13-15-9-5-2-6-10-15/h1-10,16,22H,11-13H2. The molecule has 2 aromatic carbocycles. The molecule has 1 aliphatic heterocycles. The van der Waals surface area contributed by atoms with Crippen LogP contribution in [0.2, 0.25) is 0 Å². The van der Waals surface area contributed by atoms with E-state index in [1.807, 2.05) is 60.7 Å². The monoisotopic (exact) mass is 310 g/mol. The summed E-state index contributed by atoms with van der Waals surface area (Å²) in [5.74, 6) is -2.32. The van der Waals surface area contributed by atoms with E-state index in [4.69, 9.17) is 4.74 Å². The number of carbonyl (C=O) groups excluding carboxylic acids is 2. The maximum atomic E-state index is 12.0. The Hall–Kier alpha value is -2.46. The van der Waals surface area contributed by atoms with E-state index in [1.54, 1.807) is 0 Å². The highest BCUT2D eigenvalue weighted by Crippen LogP contribution is 2.34. The van der Waals surface area contributed by atoms with Crippen molar-refractivity contribution in [2.45, 2.75) is 24.9 Å². The lowest BCUT2D eigenvalue weighted by Gasteiger charge is -2.24. The van der Waals surface area contributed by atoms with Gasteiger partial charge in [-0.15, -0.1) is 0 Å². The second kappa shape index (κ2) is 6.34. The van der Waals surface area contributed by atoms with Crippen LogP contribution in [0.4, 0.5) is 0 Å². The minimum Gasteiger partial charge on any atom is -0.391 e. The Morgan fingerprint density at radius 1 is 0.913 bits per heavy atom. The van der Waals surface area contributed by atoms with E-state index in [0.29, 0.717) is 12.8 Å². The van der Waals surface area contributed by atoms with Crippen LogP contribution in [0.3, 0.4) is 0 Å². The zero-order valence-corrected chi connectivity index (χ0v) is 12.6. The molecule has 1 aliphatic rings. The summed E-state index contributed by atoms with van der Waals surface area (Å²) in [7, 11) is 0. The Labute approximate surface area is 134 Å². The molecule has 0 amide bonds. The highest BCUT2D eigenvalue weighted by atomic mass is 16.6. The number of carbonyl (C=O) groups is 2. The molecule has 4 heteroatoms. The third-order valence-corrected chi connectivity index (χ3v) is 4.29. The number of esters is 2. The van der Waals surface area contributed by atoms with Gasteiger partial charge in [-0.3, -0.25) is 4.79 Å². The predicted octanol–water partition coefficient (Wildman–Crippen LogP) is 2.29. The Balaban J connectivity index is 1.78. The van der Waals surface area contributed by atoms with Crippen LogP contribution in [0, 0.1) is 5.92 Å². The Kier molecular flexibility index (Phi) is 4.26. The van der Waals surface area contributed by atoms with Gasteiger partial charge >= 0.3 is 11.9 Å². The van der Waals surface area contributed by atoms with Crippen molar-refractivity contribution in [2.75, 3.05) is 0 Å². The van der Waals surface area contributed by atoms with E-state index < -0.39 is 23.5 Å². The minimum absolute atomic E-state index is 0.0812. The second-order valence-corrected chi connectivity index (χ2v) is 5.87. The summed E-state index contributed by atoms with van der Waals surface area (Å²) in [6, 6.07) is 18.8. The molecule has 0 bridgehead atoms. The molecule has 23 heavy (non-hydrogen) atoms. The summed E-state index contributed by atoms with van der Waals surface area (Å²) >= 11 is 0. The van der Waals surface area contributed by atoms with Crippen molar-refractivity contribution in [2.24, 2.45) is 5.92 Å². The van der Waals surface area contributed by atoms with Crippen molar-refractivity contribution in [1.82, 2.24) is 0 Å². The van der Waals surface area contributed by atoms with Gasteiger partial charge in [-0.25, -0.2) is 4.79 Å². The summed E-state index contributed by atoms with van der Waals surface area (Å²) in [6.45, 7) is 0. The van der Waals surface area contributed by atoms with Crippen molar-refractivity contribution in [3.8, 4) is 0 Å². The predicted molar refractivity (Wildman–Crippen MR) is 84.4 cm³/mol. The van der Waals surface area contributed by atoms with E-state index in [0.717, 1.165) is 11.1 Å². The average molecular weight is 310 g/mol. The second-order valence-electron chi connectivity index (χ2n) is 5.87. The van der Waals surface area contributed by atoms with Crippen LogP contribution in [-0.4, -0.2) is 22.6 Å². The van der Waals surface area contributed by atoms with Crippen molar-refractivity contribution in [3.63, 3.8) is 0 Å². The third-order valence-electron chi connectivity index (χ3n) is 4.29. The van der Waals surface area contributed by atoms with Gasteiger partial charge in [-0.2, -0.15) is 0 Å². The molecule has 2 aromatic rings. The lowest BCUT2D eigenvalue weighted by Crippen LogP contribution is -2.44. The van der Waals surface area contributed by atoms with Gasteiger partial charge in [0, 0.05) is 6.42 Å². The smallest absolute Gasteiger partial charge is 0.347 e. The molecule has 1 heterocycles. The third kappa shape index (κ3) is 3.17. The Bertz CT molecular complexity index is 696. The molecule has 0 aromatic heterocycles. The van der Waals surface area contributed by atoms with Gasteiger partial charge in [-0.05, 0) is 24.0 Å². The highest BCUT2D eigenvalue weighted by Gasteiger charge is 2.56. The maximum Gasteiger partial charge on any atom is 0.347 e. The van der Waals surface area contributed by atoms with Crippen molar-refractivity contribution >= 4 is 11.9 Å². The number of hydrogen-bond donors (Lipinski definition) is 1. The first-order valence-corrected chi connectivity index (χ1v) is 7.66. The van der Waals surface area contributed by atoms with Gasteiger partial charge in [0.15, 0.2) is 5.60 Å². The molecular weight excluding hydrogens is 292 g/mol. The van der Waals surface area contributed by atoms with Crippen LogP contribution in [-0.2, 0) is 27.2 Å². The molecule has 4 nitrogen and oxygen atoms in total. The quantitative estimate of drug-likeness (QED) is 0.680. The van der Waals surface area contributed by atoms with Crippen LogP contribution >= 0.6 is 0 Å². The Morgan fingerprint density at radius 2 is 1.48 bits per heavy atom. The fraction of sp³-hybridized carbons (Fsp3) is 0.263. The lowest BCUT2D eigenvalue weighted by atomic mass is 9.81. The van der Waals surface area contributed by atoms with E-state index >= 15 is 0 Å². The van der Waals surface area contributed by atoms with Crippen molar-refractivity contribution < 1.29 is 19.4 Å². The molecule has 1 N–H and O–H groups in total. The van der Waals surface area contributed by atoms with Gasteiger partial charge in [0.25, 0.3) is 0 Å². The summed E-state index contributed by atoms with van der Waals surface area (Å²) in [5, 5.41) is 10.8. The molecule has 1 saturated heterocycles. The molecule has 0 radical (unpaired) electrons. The number of hydrogen-bond acceptors (Lipinski definition) is 4. The molecular formula is C19H18O4. The van der Waals surface area contributed by atoms with Crippen LogP contribution in [0.15, 0.2) is 60.7 Å². The molecule has 0 spiro atoms. The summed E-state index contributed by atoms with van der Waals surface area (Å²) < 4.78 is 4.72.